The Hall–Kier alpha value is -4.61. The van der Waals surface area contributed by atoms with E-state index >= 15 is 14.4 Å². The Morgan fingerprint density at radius 2 is 1.31 bits per heavy atom. The van der Waals surface area contributed by atoms with E-state index < -0.39 is 59.2 Å². The average Bonchev–Trinajstić information content (AvgIpc) is 3.67. The largest absolute Gasteiger partial charge is 0.449 e. The van der Waals surface area contributed by atoms with E-state index in [1.54, 1.807) is 95.7 Å². The molecule has 1 saturated carbocycles. The highest BCUT2D eigenvalue weighted by Crippen LogP contribution is 2.44. The summed E-state index contributed by atoms with van der Waals surface area (Å²) in [6, 6.07) is 25.5. The monoisotopic (exact) mass is 971 g/mol. The maximum atomic E-state index is 15.4. The van der Waals surface area contributed by atoms with Crippen LogP contribution in [0.25, 0.3) is 0 Å². The molecule has 368 valence electrons. The number of carbonyl (C=O) groups excluding carboxylic acids is 4. The molecular formula is C53H69NO12SSi. The summed E-state index contributed by atoms with van der Waals surface area (Å²) in [5.41, 5.74) is 0.658. The molecule has 2 heterocycles. The van der Waals surface area contributed by atoms with Crippen molar-refractivity contribution in [3.8, 4) is 0 Å². The number of benzene rings is 3. The number of unbranched alkanes of at least 4 members (excludes halogenated alkanes) is 4. The fourth-order valence-electron chi connectivity index (χ4n) is 9.18. The molecule has 3 fully saturated rings. The van der Waals surface area contributed by atoms with Crippen molar-refractivity contribution in [1.82, 2.24) is 4.72 Å². The highest BCUT2D eigenvalue weighted by atomic mass is 32.2. The van der Waals surface area contributed by atoms with Crippen molar-refractivity contribution in [2.75, 3.05) is 26.1 Å². The van der Waals surface area contributed by atoms with Crippen LogP contribution in [0.5, 0.6) is 0 Å². The van der Waals surface area contributed by atoms with Gasteiger partial charge in [0.15, 0.2) is 28.8 Å². The van der Waals surface area contributed by atoms with Gasteiger partial charge in [0.1, 0.15) is 0 Å². The number of carbonyl (C=O) groups is 4. The van der Waals surface area contributed by atoms with Gasteiger partial charge >= 0.3 is 14.4 Å². The second kappa shape index (κ2) is 27.0. The predicted octanol–water partition coefficient (Wildman–Crippen LogP) is 9.98. The lowest BCUT2D eigenvalue weighted by Crippen LogP contribution is -2.64. The van der Waals surface area contributed by atoms with Crippen molar-refractivity contribution in [2.45, 2.75) is 134 Å². The summed E-state index contributed by atoms with van der Waals surface area (Å²) in [4.78, 5) is 58.1. The number of ether oxygens (including phenoxy) is 5. The maximum Gasteiger partial charge on any atom is 0.420 e. The lowest BCUT2D eigenvalue weighted by Gasteiger charge is -2.33. The third-order valence-corrected chi connectivity index (χ3v) is 16.7. The molecule has 1 amide bonds. The van der Waals surface area contributed by atoms with E-state index in [1.807, 2.05) is 6.08 Å². The summed E-state index contributed by atoms with van der Waals surface area (Å²) < 4.78 is 62.7. The summed E-state index contributed by atoms with van der Waals surface area (Å²) in [5.74, 6) is -0.678. The molecule has 1 aliphatic carbocycles. The first-order chi connectivity index (χ1) is 33.0. The average molecular weight is 972 g/mol. The highest BCUT2D eigenvalue weighted by Gasteiger charge is 2.62. The minimum atomic E-state index is -4.91. The molecule has 0 radical (unpaired) electrons. The Bertz CT molecular complexity index is 2090. The number of hydrogen-bond donors (Lipinski definition) is 1. The number of rotatable bonds is 26. The van der Waals surface area contributed by atoms with Crippen LogP contribution in [0.4, 0.5) is 4.79 Å². The number of amides is 1. The fraction of sp³-hybridized carbons (Fsp3) is 0.509. The number of nitrogens with one attached hydrogen (secondary N) is 1. The fourth-order valence-corrected chi connectivity index (χ4v) is 12.9. The first-order valence-corrected chi connectivity index (χ1v) is 28.3. The van der Waals surface area contributed by atoms with Crippen LogP contribution < -0.4 is 4.72 Å². The number of hydrogen-bond acceptors (Lipinski definition) is 12. The van der Waals surface area contributed by atoms with Crippen molar-refractivity contribution in [2.24, 2.45) is 11.8 Å². The molecule has 3 aliphatic rings. The zero-order chi connectivity index (χ0) is 48.2. The minimum Gasteiger partial charge on any atom is -0.449 e. The van der Waals surface area contributed by atoms with Gasteiger partial charge in [0, 0.05) is 35.8 Å². The van der Waals surface area contributed by atoms with Crippen LogP contribution in [-0.4, -0.2) is 96.0 Å². The lowest BCUT2D eigenvalue weighted by atomic mass is 9.89. The molecule has 2 saturated heterocycles. The number of sulfonamides is 1. The van der Waals surface area contributed by atoms with E-state index in [0.717, 1.165) is 64.0 Å². The van der Waals surface area contributed by atoms with Gasteiger partial charge in [-0.3, -0.25) is 14.4 Å². The van der Waals surface area contributed by atoms with Crippen LogP contribution >= 0.6 is 0 Å². The maximum absolute atomic E-state index is 15.4. The highest BCUT2D eigenvalue weighted by molar-refractivity contribution is 7.89. The van der Waals surface area contributed by atoms with Crippen molar-refractivity contribution >= 4 is 40.7 Å². The predicted molar refractivity (Wildman–Crippen MR) is 262 cm³/mol. The Morgan fingerprint density at radius 1 is 0.735 bits per heavy atom. The zero-order valence-electron chi connectivity index (χ0n) is 39.5. The Balaban J connectivity index is 1.40. The van der Waals surface area contributed by atoms with E-state index in [4.69, 9.17) is 28.1 Å². The molecule has 0 spiro atoms. The molecule has 2 aliphatic heterocycles. The van der Waals surface area contributed by atoms with Gasteiger partial charge < -0.3 is 28.1 Å². The van der Waals surface area contributed by atoms with Crippen LogP contribution in [0.3, 0.4) is 0 Å². The molecule has 3 aromatic carbocycles. The molecule has 7 atom stereocenters. The second-order valence-electron chi connectivity index (χ2n) is 17.9. The van der Waals surface area contributed by atoms with E-state index in [0.29, 0.717) is 45.3 Å². The van der Waals surface area contributed by atoms with Gasteiger partial charge in [-0.05, 0) is 83.0 Å². The quantitative estimate of drug-likeness (QED) is 0.0460. The summed E-state index contributed by atoms with van der Waals surface area (Å²) in [6.45, 7) is 3.45. The van der Waals surface area contributed by atoms with E-state index in [2.05, 4.69) is 25.2 Å². The Kier molecular flexibility index (Phi) is 20.9. The standard InChI is InChI=1S/C53H69NO12SSi/c1-3-4-11-30-43(64-48-32-19-22-36-61-48)34-35-45-44(31-18-6-5-7-21-38-63-53(58)54-67(2,59)60)47(39-46(45)65-49-33-20-23-37-62-49)66-68(50(55)40-24-12-8-13-25-40,51(56)41-26-14-9-15-27-41)52(57)42-28-16-10-17-29-42/h6,8-10,12-18,24-29,34-35,43-49H,3-5,7,11,19-23,30-33,36-39H2,1-2H3,(H,54,58)/t43-,44+,45+,46+,47-,48?,49?/m0/s1. The molecule has 13 nitrogen and oxygen atoms in total. The summed E-state index contributed by atoms with van der Waals surface area (Å²) >= 11 is 0. The van der Waals surface area contributed by atoms with Gasteiger partial charge in [-0.25, -0.2) is 17.9 Å². The third-order valence-electron chi connectivity index (χ3n) is 12.7. The Morgan fingerprint density at radius 3 is 1.84 bits per heavy atom. The van der Waals surface area contributed by atoms with Crippen LogP contribution in [0.15, 0.2) is 115 Å². The Labute approximate surface area is 403 Å². The van der Waals surface area contributed by atoms with Gasteiger partial charge in [-0.2, -0.15) is 0 Å². The second-order valence-corrected chi connectivity index (χ2v) is 22.6. The normalized spacial score (nSPS) is 22.8. The van der Waals surface area contributed by atoms with Crippen LogP contribution in [-0.2, 0) is 38.1 Å². The molecule has 68 heavy (non-hydrogen) atoms. The third kappa shape index (κ3) is 15.4. The molecule has 3 aromatic rings. The van der Waals surface area contributed by atoms with Crippen LogP contribution in [0.2, 0.25) is 0 Å². The van der Waals surface area contributed by atoms with Crippen molar-refractivity contribution < 1.29 is 55.7 Å². The minimum absolute atomic E-state index is 0.0449. The van der Waals surface area contributed by atoms with Gasteiger partial charge in [0.05, 0.1) is 31.2 Å². The molecule has 0 aromatic heterocycles. The topological polar surface area (TPSA) is 170 Å². The lowest BCUT2D eigenvalue weighted by molar-refractivity contribution is -0.193. The van der Waals surface area contributed by atoms with Crippen molar-refractivity contribution in [3.05, 3.63) is 132 Å². The molecule has 2 unspecified atom stereocenters. The molecule has 15 heteroatoms. The first-order valence-electron chi connectivity index (χ1n) is 24.5. The molecule has 6 rings (SSSR count). The molecule has 1 N–H and O–H groups in total. The number of allylic oxidation sites excluding steroid dienone is 2. The van der Waals surface area contributed by atoms with Gasteiger partial charge in [-0.15, -0.1) is 0 Å². The van der Waals surface area contributed by atoms with Gasteiger partial charge in [-0.1, -0.05) is 141 Å². The SMILES string of the molecule is CCCCC[C@@H](C=C[C@@H]1[C@@H](CC=CCCCCOC(=O)NS(C)(=O)=O)[C@@H](O[Si](C(=O)c2ccccc2)(C(=O)c2ccccc2)C(=O)c2ccccc2)C[C@H]1OC1CCCCO1)OC1CCCCO1. The van der Waals surface area contributed by atoms with E-state index in [1.165, 1.54) is 0 Å². The van der Waals surface area contributed by atoms with E-state index in [-0.39, 0.29) is 53.9 Å². The summed E-state index contributed by atoms with van der Waals surface area (Å²) in [5, 5.41) is -1.86. The summed E-state index contributed by atoms with van der Waals surface area (Å²) in [7, 11) is -8.64. The van der Waals surface area contributed by atoms with Gasteiger partial charge in [0.2, 0.25) is 10.0 Å². The van der Waals surface area contributed by atoms with Crippen LogP contribution in [0.1, 0.15) is 134 Å². The van der Waals surface area contributed by atoms with Crippen molar-refractivity contribution in [1.29, 1.82) is 0 Å². The first kappa shape index (κ1) is 52.8. The smallest absolute Gasteiger partial charge is 0.420 e. The molecular weight excluding hydrogens is 903 g/mol. The molecule has 0 bridgehead atoms. The zero-order valence-corrected chi connectivity index (χ0v) is 41.4. The van der Waals surface area contributed by atoms with Crippen molar-refractivity contribution in [3.63, 3.8) is 0 Å². The van der Waals surface area contributed by atoms with Crippen LogP contribution in [0, 0.1) is 11.8 Å². The summed E-state index contributed by atoms with van der Waals surface area (Å²) in [6.07, 6.45) is 17.9. The van der Waals surface area contributed by atoms with E-state index in [9.17, 15) is 13.2 Å². The van der Waals surface area contributed by atoms with Gasteiger partial charge in [0.25, 0.3) is 0 Å².